The molecule has 0 radical (unpaired) electrons. The highest BCUT2D eigenvalue weighted by Crippen LogP contribution is 2.27. The highest BCUT2D eigenvalue weighted by Gasteiger charge is 2.11. The van der Waals surface area contributed by atoms with Crippen LogP contribution in [0.15, 0.2) is 11.6 Å². The molecule has 0 saturated heterocycles. The Kier molecular flexibility index (Phi) is 6.90. The Bertz CT molecular complexity index is 222. The molecule has 104 valence electrons. The quantitative estimate of drug-likeness (QED) is 0.289. The summed E-state index contributed by atoms with van der Waals surface area (Å²) < 4.78 is 0. The van der Waals surface area contributed by atoms with E-state index in [1.54, 1.807) is 5.57 Å². The fraction of sp³-hybridized carbons (Fsp3) is 0.889. The van der Waals surface area contributed by atoms with Crippen molar-refractivity contribution in [3.63, 3.8) is 0 Å². The van der Waals surface area contributed by atoms with Crippen LogP contribution in [0.25, 0.3) is 0 Å². The van der Waals surface area contributed by atoms with E-state index in [-0.39, 0.29) is 0 Å². The van der Waals surface area contributed by atoms with Gasteiger partial charge in [0.25, 0.3) is 0 Å². The van der Waals surface area contributed by atoms with Gasteiger partial charge in [-0.2, -0.15) is 0 Å². The van der Waals surface area contributed by atoms with E-state index < -0.39 is 0 Å². The molecule has 0 unspecified atom stereocenters. The second kappa shape index (κ2) is 8.77. The van der Waals surface area contributed by atoms with Gasteiger partial charge in [-0.1, -0.05) is 69.4 Å². The molecular weight excluding hydrogens is 216 g/mol. The molecule has 0 amide bonds. The molecule has 0 aromatic carbocycles. The summed E-state index contributed by atoms with van der Waals surface area (Å²) in [6.45, 7) is 0. The third kappa shape index (κ3) is 5.59. The molecule has 2 rings (SSSR count). The van der Waals surface area contributed by atoms with Crippen molar-refractivity contribution in [2.45, 2.75) is 96.3 Å². The fourth-order valence-electron chi connectivity index (χ4n) is 3.75. The van der Waals surface area contributed by atoms with Gasteiger partial charge in [-0.05, 0) is 44.4 Å². The highest BCUT2D eigenvalue weighted by atomic mass is 14.2. The van der Waals surface area contributed by atoms with Gasteiger partial charge in [0.2, 0.25) is 0 Å². The van der Waals surface area contributed by atoms with Crippen LogP contribution in [-0.2, 0) is 0 Å². The van der Waals surface area contributed by atoms with Gasteiger partial charge >= 0.3 is 0 Å². The Hall–Kier alpha value is -0.260. The lowest BCUT2D eigenvalue weighted by atomic mass is 9.93. The van der Waals surface area contributed by atoms with Gasteiger partial charge in [0.15, 0.2) is 0 Å². The molecule has 0 spiro atoms. The first kappa shape index (κ1) is 14.2. The maximum Gasteiger partial charge on any atom is -0.0320 e. The van der Waals surface area contributed by atoms with Crippen LogP contribution in [0, 0.1) is 5.92 Å². The van der Waals surface area contributed by atoms with Crippen LogP contribution in [0.3, 0.4) is 0 Å². The molecule has 0 atom stereocenters. The molecular formula is C18H32. The topological polar surface area (TPSA) is 0 Å². The fourth-order valence-corrected chi connectivity index (χ4v) is 3.75. The standard InChI is InChI=1S/C18H32/c1-2-6-12-17(11-5-1)13-7-3-4-8-14-18-15-9-10-16-18/h14,17H,1-13,15-16H2. The Labute approximate surface area is 114 Å². The number of hydrogen-bond acceptors (Lipinski definition) is 0. The van der Waals surface area contributed by atoms with Gasteiger partial charge in [0, 0.05) is 0 Å². The molecule has 0 aromatic rings. The van der Waals surface area contributed by atoms with Crippen LogP contribution in [0.5, 0.6) is 0 Å². The van der Waals surface area contributed by atoms with Crippen LogP contribution in [0.4, 0.5) is 0 Å². The van der Waals surface area contributed by atoms with Gasteiger partial charge in [-0.3, -0.25) is 0 Å². The Morgan fingerprint density at radius 2 is 1.50 bits per heavy atom. The summed E-state index contributed by atoms with van der Waals surface area (Å²) in [5.74, 6) is 1.08. The maximum absolute atomic E-state index is 2.55. The molecule has 0 heteroatoms. The molecule has 2 aliphatic carbocycles. The smallest absolute Gasteiger partial charge is 0.0320 e. The maximum atomic E-state index is 2.55. The summed E-state index contributed by atoms with van der Waals surface area (Å²) >= 11 is 0. The van der Waals surface area contributed by atoms with E-state index in [0.717, 1.165) is 5.92 Å². The van der Waals surface area contributed by atoms with E-state index in [1.807, 2.05) is 0 Å². The van der Waals surface area contributed by atoms with Gasteiger partial charge in [-0.25, -0.2) is 0 Å². The first-order chi connectivity index (χ1) is 8.95. The van der Waals surface area contributed by atoms with Crippen molar-refractivity contribution in [1.82, 2.24) is 0 Å². The van der Waals surface area contributed by atoms with Gasteiger partial charge in [0.05, 0.1) is 0 Å². The Balaban J connectivity index is 1.46. The number of rotatable bonds is 6. The Morgan fingerprint density at radius 1 is 0.778 bits per heavy atom. The molecule has 0 N–H and O–H groups in total. The summed E-state index contributed by atoms with van der Waals surface area (Å²) in [4.78, 5) is 0. The van der Waals surface area contributed by atoms with Crippen molar-refractivity contribution in [1.29, 1.82) is 0 Å². The van der Waals surface area contributed by atoms with Crippen molar-refractivity contribution in [2.75, 3.05) is 0 Å². The third-order valence-corrected chi connectivity index (χ3v) is 4.97. The van der Waals surface area contributed by atoms with Crippen molar-refractivity contribution in [3.05, 3.63) is 11.6 Å². The lowest BCUT2D eigenvalue weighted by Crippen LogP contribution is -1.98. The van der Waals surface area contributed by atoms with Crippen molar-refractivity contribution in [2.24, 2.45) is 5.92 Å². The molecule has 0 aliphatic heterocycles. The van der Waals surface area contributed by atoms with Gasteiger partial charge in [-0.15, -0.1) is 0 Å². The monoisotopic (exact) mass is 248 g/mol. The summed E-state index contributed by atoms with van der Waals surface area (Å²) in [5, 5.41) is 0. The molecule has 0 nitrogen and oxygen atoms in total. The number of hydrogen-bond donors (Lipinski definition) is 0. The molecule has 18 heavy (non-hydrogen) atoms. The SMILES string of the molecule is C(CCCCCC1CCCCCC1)=C1CCCC1. The lowest BCUT2D eigenvalue weighted by Gasteiger charge is -2.13. The number of allylic oxidation sites excluding steroid dienone is 2. The zero-order chi connectivity index (χ0) is 12.5. The van der Waals surface area contributed by atoms with Gasteiger partial charge < -0.3 is 0 Å². The predicted octanol–water partition coefficient (Wildman–Crippen LogP) is 6.41. The minimum atomic E-state index is 1.08. The minimum absolute atomic E-state index is 1.08. The average Bonchev–Trinajstić information content (AvgIpc) is 2.76. The van der Waals surface area contributed by atoms with Crippen LogP contribution < -0.4 is 0 Å². The van der Waals surface area contributed by atoms with Gasteiger partial charge in [0.1, 0.15) is 0 Å². The highest BCUT2D eigenvalue weighted by molar-refractivity contribution is 5.05. The summed E-state index contributed by atoms with van der Waals surface area (Å²) in [5.41, 5.74) is 1.76. The molecule has 0 aromatic heterocycles. The van der Waals surface area contributed by atoms with Crippen LogP contribution in [0.1, 0.15) is 96.3 Å². The Morgan fingerprint density at radius 3 is 2.22 bits per heavy atom. The molecule has 2 fully saturated rings. The third-order valence-electron chi connectivity index (χ3n) is 4.97. The van der Waals surface area contributed by atoms with E-state index >= 15 is 0 Å². The normalized spacial score (nSPS) is 22.1. The van der Waals surface area contributed by atoms with Crippen LogP contribution in [-0.4, -0.2) is 0 Å². The first-order valence-electron chi connectivity index (χ1n) is 8.63. The first-order valence-corrected chi connectivity index (χ1v) is 8.63. The van der Waals surface area contributed by atoms with E-state index in [0.29, 0.717) is 0 Å². The van der Waals surface area contributed by atoms with Crippen molar-refractivity contribution >= 4 is 0 Å². The summed E-state index contributed by atoms with van der Waals surface area (Å²) in [6.07, 6.45) is 24.7. The predicted molar refractivity (Wildman–Crippen MR) is 80.8 cm³/mol. The zero-order valence-electron chi connectivity index (χ0n) is 12.3. The van der Waals surface area contributed by atoms with Crippen LogP contribution in [0.2, 0.25) is 0 Å². The minimum Gasteiger partial charge on any atom is -0.0853 e. The lowest BCUT2D eigenvalue weighted by molar-refractivity contribution is 0.407. The molecule has 2 aliphatic rings. The summed E-state index contributed by atoms with van der Waals surface area (Å²) in [6, 6.07) is 0. The largest absolute Gasteiger partial charge is 0.0853 e. The second-order valence-electron chi connectivity index (χ2n) is 6.57. The van der Waals surface area contributed by atoms with E-state index in [1.165, 1.54) is 96.3 Å². The molecule has 0 heterocycles. The van der Waals surface area contributed by atoms with Crippen molar-refractivity contribution in [3.8, 4) is 0 Å². The van der Waals surface area contributed by atoms with E-state index in [4.69, 9.17) is 0 Å². The number of unbranched alkanes of at least 4 members (excludes halogenated alkanes) is 3. The second-order valence-corrected chi connectivity index (χ2v) is 6.57. The zero-order valence-corrected chi connectivity index (χ0v) is 12.3. The molecule has 2 saturated carbocycles. The molecule has 0 bridgehead atoms. The van der Waals surface area contributed by atoms with Crippen molar-refractivity contribution < 1.29 is 0 Å². The average molecular weight is 248 g/mol. The van der Waals surface area contributed by atoms with E-state index in [9.17, 15) is 0 Å². The van der Waals surface area contributed by atoms with E-state index in [2.05, 4.69) is 6.08 Å². The summed E-state index contributed by atoms with van der Waals surface area (Å²) in [7, 11) is 0. The van der Waals surface area contributed by atoms with Crippen LogP contribution >= 0.6 is 0 Å².